The number of benzene rings is 1. The van der Waals surface area contributed by atoms with Crippen LogP contribution in [0.3, 0.4) is 0 Å². The second kappa shape index (κ2) is 8.10. The maximum Gasteiger partial charge on any atom is 0.238 e. The van der Waals surface area contributed by atoms with E-state index in [-0.39, 0.29) is 4.90 Å². The van der Waals surface area contributed by atoms with E-state index in [4.69, 9.17) is 5.14 Å². The zero-order chi connectivity index (χ0) is 19.4. The van der Waals surface area contributed by atoms with Gasteiger partial charge in [-0.1, -0.05) is 19.1 Å². The fourth-order valence-electron chi connectivity index (χ4n) is 3.44. The highest BCUT2D eigenvalue weighted by molar-refractivity contribution is 7.89. The number of nitrogens with zero attached hydrogens (tertiary/aromatic N) is 4. The van der Waals surface area contributed by atoms with Crippen molar-refractivity contribution in [3.8, 4) is 0 Å². The minimum absolute atomic E-state index is 0.115. The molecule has 1 aliphatic rings. The van der Waals surface area contributed by atoms with Crippen LogP contribution in [0.2, 0.25) is 0 Å². The Balaban J connectivity index is 1.67. The van der Waals surface area contributed by atoms with Crippen molar-refractivity contribution in [1.82, 2.24) is 19.8 Å². The number of sulfonamides is 1. The van der Waals surface area contributed by atoms with Crippen LogP contribution in [0.15, 0.2) is 52.9 Å². The number of rotatable bonds is 4. The molecule has 1 aromatic carbocycles. The quantitative estimate of drug-likeness (QED) is 0.603. The molecule has 2 atom stereocenters. The Morgan fingerprint density at radius 2 is 2.26 bits per heavy atom. The highest BCUT2D eigenvalue weighted by atomic mass is 32.2. The monoisotopic (exact) mass is 390 g/mol. The van der Waals surface area contributed by atoms with Crippen molar-refractivity contribution in [2.24, 2.45) is 16.0 Å². The van der Waals surface area contributed by atoms with Gasteiger partial charge in [0, 0.05) is 39.1 Å². The molecule has 1 aliphatic heterocycles. The van der Waals surface area contributed by atoms with Crippen molar-refractivity contribution in [2.75, 3.05) is 20.1 Å². The lowest BCUT2D eigenvalue weighted by molar-refractivity contribution is 0.189. The molecule has 0 spiro atoms. The van der Waals surface area contributed by atoms with Gasteiger partial charge >= 0.3 is 0 Å². The van der Waals surface area contributed by atoms with Gasteiger partial charge in [0.1, 0.15) is 0 Å². The molecule has 0 aliphatic carbocycles. The third kappa shape index (κ3) is 4.67. The number of nitrogens with one attached hydrogen (secondary N) is 1. The minimum Gasteiger partial charge on any atom is -0.352 e. The van der Waals surface area contributed by atoms with Crippen LogP contribution < -0.4 is 10.5 Å². The second-order valence-electron chi connectivity index (χ2n) is 6.88. The van der Waals surface area contributed by atoms with Gasteiger partial charge in [0.05, 0.1) is 17.3 Å². The Bertz CT molecular complexity index is 894. The molecule has 2 unspecified atom stereocenters. The van der Waals surface area contributed by atoms with E-state index < -0.39 is 10.0 Å². The molecule has 1 fully saturated rings. The first-order valence-electron chi connectivity index (χ1n) is 8.93. The predicted octanol–water partition coefficient (Wildman–Crippen LogP) is 1.19. The molecule has 27 heavy (non-hydrogen) atoms. The summed E-state index contributed by atoms with van der Waals surface area (Å²) in [5.41, 5.74) is 0.833. The molecule has 9 heteroatoms. The molecule has 3 N–H and O–H groups in total. The molecule has 0 saturated carbocycles. The van der Waals surface area contributed by atoms with Crippen LogP contribution in [0.25, 0.3) is 0 Å². The molecular weight excluding hydrogens is 364 g/mol. The van der Waals surface area contributed by atoms with E-state index >= 15 is 0 Å². The van der Waals surface area contributed by atoms with Gasteiger partial charge in [0.2, 0.25) is 10.0 Å². The number of likely N-dealkylation sites (tertiary alicyclic amines) is 1. The number of hydrogen-bond acceptors (Lipinski definition) is 4. The number of guanidine groups is 1. The SMILES string of the molecule is CN=C(NCc1cccc(S(N)(=O)=O)c1)N1CCC(C)C(n2ccnc2)C1. The maximum atomic E-state index is 11.5. The molecule has 0 amide bonds. The van der Waals surface area contributed by atoms with Gasteiger partial charge < -0.3 is 14.8 Å². The summed E-state index contributed by atoms with van der Waals surface area (Å²) in [6.07, 6.45) is 6.72. The number of nitrogens with two attached hydrogens (primary N) is 1. The van der Waals surface area contributed by atoms with Crippen molar-refractivity contribution >= 4 is 16.0 Å². The molecule has 2 heterocycles. The third-order valence-electron chi connectivity index (χ3n) is 5.02. The minimum atomic E-state index is -3.71. The van der Waals surface area contributed by atoms with Gasteiger partial charge in [0.15, 0.2) is 5.96 Å². The fraction of sp³-hybridized carbons (Fsp3) is 0.444. The topological polar surface area (TPSA) is 106 Å². The first kappa shape index (κ1) is 19.4. The number of aliphatic imine (C=N–C) groups is 1. The Labute approximate surface area is 160 Å². The van der Waals surface area contributed by atoms with E-state index in [9.17, 15) is 8.42 Å². The number of aromatic nitrogens is 2. The van der Waals surface area contributed by atoms with Crippen molar-refractivity contribution in [2.45, 2.75) is 30.8 Å². The van der Waals surface area contributed by atoms with Gasteiger partial charge in [-0.2, -0.15) is 0 Å². The summed E-state index contributed by atoms with van der Waals surface area (Å²) in [6, 6.07) is 6.97. The van der Waals surface area contributed by atoms with Crippen LogP contribution in [-0.4, -0.2) is 49.0 Å². The van der Waals surface area contributed by atoms with E-state index in [0.29, 0.717) is 18.5 Å². The van der Waals surface area contributed by atoms with E-state index in [1.54, 1.807) is 25.4 Å². The summed E-state index contributed by atoms with van der Waals surface area (Å²) in [6.45, 7) is 4.49. The fourth-order valence-corrected chi connectivity index (χ4v) is 4.02. The average molecular weight is 391 g/mol. The molecule has 2 aromatic rings. The summed E-state index contributed by atoms with van der Waals surface area (Å²) in [4.78, 5) is 10.9. The normalized spacial score (nSPS) is 21.3. The van der Waals surface area contributed by atoms with Crippen LogP contribution in [0.1, 0.15) is 24.9 Å². The summed E-state index contributed by atoms with van der Waals surface area (Å²) in [5, 5.41) is 8.54. The predicted molar refractivity (Wildman–Crippen MR) is 105 cm³/mol. The highest BCUT2D eigenvalue weighted by Crippen LogP contribution is 2.27. The van der Waals surface area contributed by atoms with Gasteiger partial charge in [-0.25, -0.2) is 18.5 Å². The summed E-state index contributed by atoms with van der Waals surface area (Å²) < 4.78 is 25.2. The number of piperidine rings is 1. The van der Waals surface area contributed by atoms with E-state index in [1.807, 2.05) is 18.6 Å². The van der Waals surface area contributed by atoms with E-state index in [1.165, 1.54) is 6.07 Å². The molecule has 1 saturated heterocycles. The molecular formula is C18H26N6O2S. The Kier molecular flexibility index (Phi) is 5.81. The molecule has 8 nitrogen and oxygen atoms in total. The van der Waals surface area contributed by atoms with Crippen molar-refractivity contribution in [3.63, 3.8) is 0 Å². The van der Waals surface area contributed by atoms with Crippen LogP contribution in [-0.2, 0) is 16.6 Å². The van der Waals surface area contributed by atoms with Gasteiger partial charge in [-0.15, -0.1) is 0 Å². The van der Waals surface area contributed by atoms with Crippen molar-refractivity contribution < 1.29 is 8.42 Å². The van der Waals surface area contributed by atoms with Crippen LogP contribution in [0.4, 0.5) is 0 Å². The smallest absolute Gasteiger partial charge is 0.238 e. The van der Waals surface area contributed by atoms with Crippen LogP contribution in [0, 0.1) is 5.92 Å². The first-order valence-corrected chi connectivity index (χ1v) is 10.5. The first-order chi connectivity index (χ1) is 12.9. The Hall–Kier alpha value is -2.39. The standard InChI is InChI=1S/C18H26N6O2S/c1-14-6-8-23(12-17(14)24-9-7-21-13-24)18(20-2)22-11-15-4-3-5-16(10-15)27(19,25)26/h3-5,7,9-10,13-14,17H,6,8,11-12H2,1-2H3,(H,20,22)(H2,19,25,26). The lowest BCUT2D eigenvalue weighted by Crippen LogP contribution is -2.48. The maximum absolute atomic E-state index is 11.5. The van der Waals surface area contributed by atoms with E-state index in [2.05, 4.69) is 31.7 Å². The molecule has 3 rings (SSSR count). The van der Waals surface area contributed by atoms with Crippen molar-refractivity contribution in [1.29, 1.82) is 0 Å². The summed E-state index contributed by atoms with van der Waals surface area (Å²) >= 11 is 0. The lowest BCUT2D eigenvalue weighted by atomic mass is 9.93. The number of primary sulfonamides is 1. The largest absolute Gasteiger partial charge is 0.352 e. The third-order valence-corrected chi connectivity index (χ3v) is 5.93. The Morgan fingerprint density at radius 1 is 1.44 bits per heavy atom. The summed E-state index contributed by atoms with van der Waals surface area (Å²) in [7, 11) is -1.95. The van der Waals surface area contributed by atoms with E-state index in [0.717, 1.165) is 31.0 Å². The van der Waals surface area contributed by atoms with Crippen molar-refractivity contribution in [3.05, 3.63) is 48.5 Å². The summed E-state index contributed by atoms with van der Waals surface area (Å²) in [5.74, 6) is 1.35. The second-order valence-corrected chi connectivity index (χ2v) is 8.44. The van der Waals surface area contributed by atoms with Gasteiger partial charge in [-0.05, 0) is 30.0 Å². The zero-order valence-electron chi connectivity index (χ0n) is 15.6. The molecule has 0 radical (unpaired) electrons. The average Bonchev–Trinajstić information content (AvgIpc) is 3.17. The lowest BCUT2D eigenvalue weighted by Gasteiger charge is -2.39. The highest BCUT2D eigenvalue weighted by Gasteiger charge is 2.28. The Morgan fingerprint density at radius 3 is 2.93 bits per heavy atom. The molecule has 1 aromatic heterocycles. The number of imidazole rings is 1. The number of hydrogen-bond donors (Lipinski definition) is 2. The van der Waals surface area contributed by atoms with Crippen LogP contribution >= 0.6 is 0 Å². The van der Waals surface area contributed by atoms with Gasteiger partial charge in [-0.3, -0.25) is 4.99 Å². The molecule has 0 bridgehead atoms. The molecule has 146 valence electrons. The van der Waals surface area contributed by atoms with Crippen LogP contribution in [0.5, 0.6) is 0 Å². The van der Waals surface area contributed by atoms with Gasteiger partial charge in [0.25, 0.3) is 0 Å². The zero-order valence-corrected chi connectivity index (χ0v) is 16.4.